The van der Waals surface area contributed by atoms with Gasteiger partial charge in [-0.15, -0.1) is 0 Å². The van der Waals surface area contributed by atoms with Crippen molar-refractivity contribution in [2.75, 3.05) is 0 Å². The highest BCUT2D eigenvalue weighted by atomic mass is 14.2. The molecule has 0 aliphatic heterocycles. The highest BCUT2D eigenvalue weighted by molar-refractivity contribution is 5.32. The third-order valence-corrected chi connectivity index (χ3v) is 3.89. The van der Waals surface area contributed by atoms with Crippen molar-refractivity contribution in [1.29, 1.82) is 0 Å². The zero-order valence-corrected chi connectivity index (χ0v) is 12.7. The number of unbranched alkanes of at least 4 members (excludes halogenated alkanes) is 2. The fourth-order valence-electron chi connectivity index (χ4n) is 2.41. The highest BCUT2D eigenvalue weighted by Crippen LogP contribution is 2.28. The minimum atomic E-state index is 0.702. The Hall–Kier alpha value is -0.520. The summed E-state index contributed by atoms with van der Waals surface area (Å²) >= 11 is 0. The van der Waals surface area contributed by atoms with Crippen LogP contribution >= 0.6 is 0 Å². The second-order valence-corrected chi connectivity index (χ2v) is 5.28. The van der Waals surface area contributed by atoms with Crippen LogP contribution in [0.25, 0.3) is 0 Å². The number of allylic oxidation sites excluding steroid dienone is 3. The first-order chi connectivity index (χ1) is 8.08. The molecule has 0 amide bonds. The lowest BCUT2D eigenvalue weighted by atomic mass is 9.85. The Morgan fingerprint density at radius 2 is 1.65 bits per heavy atom. The number of hydrogen-bond donors (Lipinski definition) is 0. The second-order valence-electron chi connectivity index (χ2n) is 5.28. The molecule has 0 fully saturated rings. The van der Waals surface area contributed by atoms with Gasteiger partial charge in [-0.3, -0.25) is 0 Å². The maximum absolute atomic E-state index is 4.35. The van der Waals surface area contributed by atoms with Crippen molar-refractivity contribution in [2.45, 2.75) is 79.6 Å². The fraction of sp³-hybridized carbons (Fsp3) is 0.765. The van der Waals surface area contributed by atoms with Gasteiger partial charge in [0.2, 0.25) is 0 Å². The normalized spacial score (nSPS) is 14.4. The first-order valence-corrected chi connectivity index (χ1v) is 7.43. The van der Waals surface area contributed by atoms with Crippen LogP contribution in [-0.2, 0) is 0 Å². The Bertz CT molecular complexity index is 245. The summed E-state index contributed by atoms with van der Waals surface area (Å²) in [5, 5.41) is 0. The van der Waals surface area contributed by atoms with Crippen LogP contribution in [0.3, 0.4) is 0 Å². The molecule has 0 spiro atoms. The molecule has 0 N–H and O–H groups in total. The summed E-state index contributed by atoms with van der Waals surface area (Å²) in [5.74, 6) is 0.702. The molecule has 0 aromatic heterocycles. The molecular formula is C17H32. The van der Waals surface area contributed by atoms with Gasteiger partial charge in [0.15, 0.2) is 0 Å². The molecular weight excluding hydrogens is 204 g/mol. The van der Waals surface area contributed by atoms with Gasteiger partial charge < -0.3 is 0 Å². The van der Waals surface area contributed by atoms with Crippen LogP contribution < -0.4 is 0 Å². The lowest BCUT2D eigenvalue weighted by Gasteiger charge is -2.20. The van der Waals surface area contributed by atoms with E-state index >= 15 is 0 Å². The van der Waals surface area contributed by atoms with E-state index in [0.717, 1.165) is 0 Å². The van der Waals surface area contributed by atoms with E-state index in [1.165, 1.54) is 61.7 Å². The predicted molar refractivity (Wildman–Crippen MR) is 80.3 cm³/mol. The maximum atomic E-state index is 4.35. The molecule has 0 nitrogen and oxygen atoms in total. The molecule has 0 heterocycles. The van der Waals surface area contributed by atoms with E-state index in [-0.39, 0.29) is 0 Å². The van der Waals surface area contributed by atoms with Crippen molar-refractivity contribution >= 4 is 0 Å². The van der Waals surface area contributed by atoms with Gasteiger partial charge in [-0.25, -0.2) is 0 Å². The van der Waals surface area contributed by atoms with E-state index in [1.54, 1.807) is 0 Å². The van der Waals surface area contributed by atoms with Crippen molar-refractivity contribution in [1.82, 2.24) is 0 Å². The van der Waals surface area contributed by atoms with E-state index in [2.05, 4.69) is 41.2 Å². The Morgan fingerprint density at radius 1 is 1.00 bits per heavy atom. The van der Waals surface area contributed by atoms with Crippen molar-refractivity contribution < 1.29 is 0 Å². The van der Waals surface area contributed by atoms with Gasteiger partial charge in [-0.2, -0.15) is 0 Å². The molecule has 1 atom stereocenters. The van der Waals surface area contributed by atoms with Gasteiger partial charge >= 0.3 is 0 Å². The van der Waals surface area contributed by atoms with E-state index < -0.39 is 0 Å². The predicted octanol–water partition coefficient (Wildman–Crippen LogP) is 6.29. The van der Waals surface area contributed by atoms with Crippen LogP contribution in [0.2, 0.25) is 0 Å². The van der Waals surface area contributed by atoms with Gasteiger partial charge in [-0.05, 0) is 50.2 Å². The molecule has 0 aliphatic rings. The van der Waals surface area contributed by atoms with Gasteiger partial charge in [-0.1, -0.05) is 58.6 Å². The van der Waals surface area contributed by atoms with Gasteiger partial charge in [0.1, 0.15) is 0 Å². The summed E-state index contributed by atoms with van der Waals surface area (Å²) < 4.78 is 0. The highest BCUT2D eigenvalue weighted by Gasteiger charge is 2.12. The van der Waals surface area contributed by atoms with Crippen LogP contribution in [-0.4, -0.2) is 0 Å². The second kappa shape index (κ2) is 9.50. The minimum absolute atomic E-state index is 0.702. The Kier molecular flexibility index (Phi) is 9.21. The SMILES string of the molecule is C=C(C(C)=C(C)CCC)C(CC)CCCCC. The minimum Gasteiger partial charge on any atom is -0.0953 e. The third kappa shape index (κ3) is 6.10. The topological polar surface area (TPSA) is 0 Å². The van der Waals surface area contributed by atoms with Crippen LogP contribution in [0.1, 0.15) is 79.6 Å². The molecule has 0 aromatic carbocycles. The van der Waals surface area contributed by atoms with E-state index in [4.69, 9.17) is 0 Å². The summed E-state index contributed by atoms with van der Waals surface area (Å²) in [7, 11) is 0. The number of hydrogen-bond acceptors (Lipinski definition) is 0. The Labute approximate surface area is 109 Å². The average molecular weight is 236 g/mol. The van der Waals surface area contributed by atoms with E-state index in [9.17, 15) is 0 Å². The Balaban J connectivity index is 4.46. The summed E-state index contributed by atoms with van der Waals surface area (Å²) in [6.07, 6.45) is 9.04. The molecule has 0 aromatic rings. The molecule has 100 valence electrons. The summed E-state index contributed by atoms with van der Waals surface area (Å²) in [5.41, 5.74) is 4.40. The quantitative estimate of drug-likeness (QED) is 0.326. The van der Waals surface area contributed by atoms with Gasteiger partial charge in [0, 0.05) is 0 Å². The molecule has 0 bridgehead atoms. The summed E-state index contributed by atoms with van der Waals surface area (Å²) in [6.45, 7) is 15.7. The van der Waals surface area contributed by atoms with Crippen molar-refractivity contribution in [3.8, 4) is 0 Å². The van der Waals surface area contributed by atoms with Crippen molar-refractivity contribution in [3.05, 3.63) is 23.3 Å². The monoisotopic (exact) mass is 236 g/mol. The average Bonchev–Trinajstić information content (AvgIpc) is 2.33. The smallest absolute Gasteiger partial charge is 0.0168 e. The maximum Gasteiger partial charge on any atom is -0.0168 e. The fourth-order valence-corrected chi connectivity index (χ4v) is 2.41. The van der Waals surface area contributed by atoms with E-state index in [0.29, 0.717) is 5.92 Å². The largest absolute Gasteiger partial charge is 0.0953 e. The van der Waals surface area contributed by atoms with Crippen LogP contribution in [0.5, 0.6) is 0 Å². The molecule has 0 radical (unpaired) electrons. The first kappa shape index (κ1) is 16.5. The van der Waals surface area contributed by atoms with Crippen molar-refractivity contribution in [2.24, 2.45) is 5.92 Å². The standard InChI is InChI=1S/C17H32/c1-7-10-11-13-17(9-3)16(6)15(5)14(4)12-8-2/h17H,6-13H2,1-5H3. The summed E-state index contributed by atoms with van der Waals surface area (Å²) in [4.78, 5) is 0. The van der Waals surface area contributed by atoms with Crippen LogP contribution in [0.15, 0.2) is 23.3 Å². The van der Waals surface area contributed by atoms with Crippen LogP contribution in [0.4, 0.5) is 0 Å². The van der Waals surface area contributed by atoms with Gasteiger partial charge in [0.05, 0.1) is 0 Å². The zero-order chi connectivity index (χ0) is 13.3. The van der Waals surface area contributed by atoms with Crippen molar-refractivity contribution in [3.63, 3.8) is 0 Å². The molecule has 17 heavy (non-hydrogen) atoms. The third-order valence-electron chi connectivity index (χ3n) is 3.89. The molecule has 1 unspecified atom stereocenters. The number of rotatable bonds is 9. The zero-order valence-electron chi connectivity index (χ0n) is 12.7. The van der Waals surface area contributed by atoms with Crippen LogP contribution in [0, 0.1) is 5.92 Å². The van der Waals surface area contributed by atoms with E-state index in [1.807, 2.05) is 0 Å². The van der Waals surface area contributed by atoms with Gasteiger partial charge in [0.25, 0.3) is 0 Å². The molecule has 0 rings (SSSR count). The Morgan fingerprint density at radius 3 is 2.12 bits per heavy atom. The lowest BCUT2D eigenvalue weighted by molar-refractivity contribution is 0.508. The summed E-state index contributed by atoms with van der Waals surface area (Å²) in [6, 6.07) is 0. The lowest BCUT2D eigenvalue weighted by Crippen LogP contribution is -2.05. The molecule has 0 saturated carbocycles. The molecule has 0 aliphatic carbocycles. The molecule has 0 saturated heterocycles. The first-order valence-electron chi connectivity index (χ1n) is 7.43. The molecule has 0 heteroatoms.